The van der Waals surface area contributed by atoms with Crippen molar-refractivity contribution in [2.75, 3.05) is 11.9 Å². The lowest BCUT2D eigenvalue weighted by Gasteiger charge is -2.06. The van der Waals surface area contributed by atoms with E-state index in [0.29, 0.717) is 25.1 Å². The van der Waals surface area contributed by atoms with Crippen LogP contribution in [0.25, 0.3) is 0 Å². The van der Waals surface area contributed by atoms with Crippen LogP contribution in [0.3, 0.4) is 0 Å². The Balaban J connectivity index is 2.40. The number of hydrogen-bond donors (Lipinski definition) is 2. The molecule has 18 heavy (non-hydrogen) atoms. The Kier molecular flexibility index (Phi) is 5.12. The molecule has 0 aliphatic heterocycles. The number of carbonyl (C=O) groups is 1. The van der Waals surface area contributed by atoms with E-state index in [1.807, 2.05) is 6.07 Å². The number of hydrogen-bond acceptors (Lipinski definition) is 4. The fourth-order valence-electron chi connectivity index (χ4n) is 1.21. The van der Waals surface area contributed by atoms with Crippen molar-refractivity contribution in [3.05, 3.63) is 34.4 Å². The number of non-ortho nitro benzene ring substituents is 1. The third-order valence-corrected chi connectivity index (χ3v) is 2.09. The van der Waals surface area contributed by atoms with Crippen LogP contribution < -0.4 is 10.6 Å². The van der Waals surface area contributed by atoms with E-state index in [1.165, 1.54) is 24.3 Å². The summed E-state index contributed by atoms with van der Waals surface area (Å²) in [6, 6.07) is 7.10. The number of carbonyl (C=O) groups excluding carboxylic acids is 1. The van der Waals surface area contributed by atoms with Crippen LogP contribution in [0.5, 0.6) is 0 Å². The Hall–Kier alpha value is -2.62. The monoisotopic (exact) mass is 248 g/mol. The van der Waals surface area contributed by atoms with E-state index >= 15 is 0 Å². The first-order valence-corrected chi connectivity index (χ1v) is 5.29. The standard InChI is InChI=1S/C11H12N4O3/c12-7-1-2-8-13-11(16)14-9-3-5-10(6-4-9)15(17)18/h3-6H,1-2,8H2,(H2,13,14,16). The third kappa shape index (κ3) is 4.49. The second kappa shape index (κ2) is 6.85. The van der Waals surface area contributed by atoms with Gasteiger partial charge in [0, 0.05) is 30.8 Å². The first kappa shape index (κ1) is 13.4. The molecule has 7 heteroatoms. The summed E-state index contributed by atoms with van der Waals surface area (Å²) in [5.74, 6) is 0. The number of nitrogens with one attached hydrogen (secondary N) is 2. The lowest BCUT2D eigenvalue weighted by Crippen LogP contribution is -2.29. The van der Waals surface area contributed by atoms with Crippen molar-refractivity contribution in [2.24, 2.45) is 0 Å². The summed E-state index contributed by atoms with van der Waals surface area (Å²) >= 11 is 0. The Bertz CT molecular complexity index is 464. The zero-order valence-electron chi connectivity index (χ0n) is 9.55. The first-order valence-electron chi connectivity index (χ1n) is 5.29. The fourth-order valence-corrected chi connectivity index (χ4v) is 1.21. The summed E-state index contributed by atoms with van der Waals surface area (Å²) in [4.78, 5) is 21.3. The molecule has 0 saturated heterocycles. The van der Waals surface area contributed by atoms with Crippen molar-refractivity contribution in [3.63, 3.8) is 0 Å². The highest BCUT2D eigenvalue weighted by molar-refractivity contribution is 5.89. The van der Waals surface area contributed by atoms with Crippen molar-refractivity contribution < 1.29 is 9.72 Å². The van der Waals surface area contributed by atoms with Gasteiger partial charge in [0.05, 0.1) is 11.0 Å². The molecular weight excluding hydrogens is 236 g/mol. The third-order valence-electron chi connectivity index (χ3n) is 2.09. The van der Waals surface area contributed by atoms with Gasteiger partial charge in [-0.3, -0.25) is 10.1 Å². The molecule has 0 aromatic heterocycles. The summed E-state index contributed by atoms with van der Waals surface area (Å²) in [6.07, 6.45) is 0.974. The Morgan fingerprint density at radius 3 is 2.61 bits per heavy atom. The minimum absolute atomic E-state index is 0.0324. The molecule has 0 unspecified atom stereocenters. The van der Waals surface area contributed by atoms with Gasteiger partial charge in [0.15, 0.2) is 0 Å². The van der Waals surface area contributed by atoms with Gasteiger partial charge in [-0.25, -0.2) is 4.79 Å². The first-order chi connectivity index (χ1) is 8.63. The molecule has 0 fully saturated rings. The number of amides is 2. The zero-order chi connectivity index (χ0) is 13.4. The molecule has 7 nitrogen and oxygen atoms in total. The number of nitro benzene ring substituents is 1. The van der Waals surface area contributed by atoms with E-state index in [4.69, 9.17) is 5.26 Å². The normalized spacial score (nSPS) is 9.28. The van der Waals surface area contributed by atoms with E-state index in [9.17, 15) is 14.9 Å². The summed E-state index contributed by atoms with van der Waals surface area (Å²) in [7, 11) is 0. The van der Waals surface area contributed by atoms with Crippen molar-refractivity contribution in [1.82, 2.24) is 5.32 Å². The molecule has 0 spiro atoms. The van der Waals surface area contributed by atoms with Crippen molar-refractivity contribution in [1.29, 1.82) is 5.26 Å². The van der Waals surface area contributed by atoms with Crippen molar-refractivity contribution in [3.8, 4) is 6.07 Å². The van der Waals surface area contributed by atoms with Gasteiger partial charge in [-0.15, -0.1) is 0 Å². The van der Waals surface area contributed by atoms with E-state index in [0.717, 1.165) is 0 Å². The van der Waals surface area contributed by atoms with Crippen LogP contribution >= 0.6 is 0 Å². The van der Waals surface area contributed by atoms with Gasteiger partial charge in [-0.2, -0.15) is 5.26 Å². The maximum atomic E-state index is 11.4. The van der Waals surface area contributed by atoms with E-state index < -0.39 is 11.0 Å². The molecule has 0 aliphatic carbocycles. The predicted molar refractivity (Wildman–Crippen MR) is 65.0 cm³/mol. The van der Waals surface area contributed by atoms with Gasteiger partial charge >= 0.3 is 6.03 Å². The molecule has 0 aliphatic rings. The SMILES string of the molecule is N#CCCCNC(=O)Nc1ccc([N+](=O)[O-])cc1. The van der Waals surface area contributed by atoms with Crippen LogP contribution in [-0.2, 0) is 0 Å². The highest BCUT2D eigenvalue weighted by Crippen LogP contribution is 2.14. The Morgan fingerprint density at radius 1 is 1.39 bits per heavy atom. The Morgan fingerprint density at radius 2 is 2.06 bits per heavy atom. The van der Waals surface area contributed by atoms with E-state index in [-0.39, 0.29) is 5.69 Å². The van der Waals surface area contributed by atoms with Crippen LogP contribution in [0.15, 0.2) is 24.3 Å². The Labute approximate surface area is 104 Å². The zero-order valence-corrected chi connectivity index (χ0v) is 9.55. The van der Waals surface area contributed by atoms with Crippen molar-refractivity contribution in [2.45, 2.75) is 12.8 Å². The van der Waals surface area contributed by atoms with Crippen LogP contribution in [0.1, 0.15) is 12.8 Å². The molecule has 0 heterocycles. The molecule has 0 radical (unpaired) electrons. The number of anilines is 1. The van der Waals surface area contributed by atoms with Crippen LogP contribution in [0.4, 0.5) is 16.2 Å². The molecule has 2 amide bonds. The number of nitriles is 1. The minimum atomic E-state index is -0.508. The second-order valence-electron chi connectivity index (χ2n) is 3.45. The van der Waals surface area contributed by atoms with Gasteiger partial charge in [0.2, 0.25) is 0 Å². The summed E-state index contributed by atoms with van der Waals surface area (Å²) in [6.45, 7) is 0.409. The van der Waals surface area contributed by atoms with Gasteiger partial charge in [-0.1, -0.05) is 0 Å². The van der Waals surface area contributed by atoms with Gasteiger partial charge in [0.1, 0.15) is 0 Å². The number of nitro groups is 1. The minimum Gasteiger partial charge on any atom is -0.338 e. The van der Waals surface area contributed by atoms with Gasteiger partial charge in [0.25, 0.3) is 5.69 Å². The molecule has 1 aromatic carbocycles. The summed E-state index contributed by atoms with van der Waals surface area (Å²) in [5.41, 5.74) is 0.438. The largest absolute Gasteiger partial charge is 0.338 e. The number of rotatable bonds is 5. The van der Waals surface area contributed by atoms with E-state index in [1.54, 1.807) is 0 Å². The average Bonchev–Trinajstić information content (AvgIpc) is 2.35. The number of unbranched alkanes of at least 4 members (excludes halogenated alkanes) is 1. The van der Waals surface area contributed by atoms with Gasteiger partial charge in [-0.05, 0) is 18.6 Å². The molecule has 0 saturated carbocycles. The number of nitrogens with zero attached hydrogens (tertiary/aromatic N) is 2. The molecule has 1 rings (SSSR count). The van der Waals surface area contributed by atoms with Crippen LogP contribution in [-0.4, -0.2) is 17.5 Å². The highest BCUT2D eigenvalue weighted by atomic mass is 16.6. The second-order valence-corrected chi connectivity index (χ2v) is 3.45. The topological polar surface area (TPSA) is 108 Å². The molecular formula is C11H12N4O3. The smallest absolute Gasteiger partial charge is 0.319 e. The lowest BCUT2D eigenvalue weighted by atomic mass is 10.3. The quantitative estimate of drug-likeness (QED) is 0.472. The maximum Gasteiger partial charge on any atom is 0.319 e. The molecule has 2 N–H and O–H groups in total. The average molecular weight is 248 g/mol. The van der Waals surface area contributed by atoms with Gasteiger partial charge < -0.3 is 10.6 Å². The highest BCUT2D eigenvalue weighted by Gasteiger charge is 2.05. The number of benzene rings is 1. The molecule has 1 aromatic rings. The van der Waals surface area contributed by atoms with E-state index in [2.05, 4.69) is 10.6 Å². The van der Waals surface area contributed by atoms with Crippen LogP contribution in [0.2, 0.25) is 0 Å². The molecule has 0 bridgehead atoms. The maximum absolute atomic E-state index is 11.4. The van der Waals surface area contributed by atoms with Crippen LogP contribution in [0, 0.1) is 21.4 Å². The molecule has 0 atom stereocenters. The number of urea groups is 1. The fraction of sp³-hybridized carbons (Fsp3) is 0.273. The predicted octanol–water partition coefficient (Wildman–Crippen LogP) is 2.02. The van der Waals surface area contributed by atoms with Crippen molar-refractivity contribution >= 4 is 17.4 Å². The lowest BCUT2D eigenvalue weighted by molar-refractivity contribution is -0.384. The summed E-state index contributed by atoms with van der Waals surface area (Å²) < 4.78 is 0. The molecule has 94 valence electrons. The summed E-state index contributed by atoms with van der Waals surface area (Å²) in [5, 5.41) is 23.8.